The molecule has 1 unspecified atom stereocenters. The van der Waals surface area contributed by atoms with Crippen molar-refractivity contribution < 1.29 is 0 Å². The summed E-state index contributed by atoms with van der Waals surface area (Å²) in [6.07, 6.45) is 0. The van der Waals surface area contributed by atoms with Gasteiger partial charge in [0.2, 0.25) is 0 Å². The first-order valence-corrected chi connectivity index (χ1v) is 6.13. The van der Waals surface area contributed by atoms with Crippen molar-refractivity contribution in [3.8, 4) is 0 Å². The van der Waals surface area contributed by atoms with E-state index in [-0.39, 0.29) is 6.04 Å². The number of halogens is 1. The van der Waals surface area contributed by atoms with Crippen molar-refractivity contribution >= 4 is 21.9 Å². The molecule has 88 valence electrons. The zero-order valence-corrected chi connectivity index (χ0v) is 11.5. The molecule has 3 N–H and O–H groups in total. The van der Waals surface area contributed by atoms with Crippen molar-refractivity contribution in [3.05, 3.63) is 34.3 Å². The van der Waals surface area contributed by atoms with E-state index in [0.717, 1.165) is 10.0 Å². The lowest BCUT2D eigenvalue weighted by Gasteiger charge is -2.12. The summed E-state index contributed by atoms with van der Waals surface area (Å²) < 4.78 is 1.06. The van der Waals surface area contributed by atoms with Gasteiger partial charge in [0.05, 0.1) is 6.04 Å². The normalized spacial score (nSPS) is 13.9. The Morgan fingerprint density at radius 3 is 2.62 bits per heavy atom. The van der Waals surface area contributed by atoms with Gasteiger partial charge in [-0.05, 0) is 38.5 Å². The van der Waals surface area contributed by atoms with Crippen LogP contribution in [0.1, 0.15) is 32.4 Å². The molecule has 0 bridgehead atoms. The van der Waals surface area contributed by atoms with E-state index in [1.165, 1.54) is 0 Å². The van der Waals surface area contributed by atoms with Crippen LogP contribution < -0.4 is 11.1 Å². The predicted molar refractivity (Wildman–Crippen MR) is 72.5 cm³/mol. The summed E-state index contributed by atoms with van der Waals surface area (Å²) in [7, 11) is 0. The van der Waals surface area contributed by atoms with Gasteiger partial charge in [-0.25, -0.2) is 4.99 Å². The second-order valence-corrected chi connectivity index (χ2v) is 4.96. The highest BCUT2D eigenvalue weighted by molar-refractivity contribution is 9.10. The van der Waals surface area contributed by atoms with Crippen LogP contribution in [0.2, 0.25) is 0 Å². The van der Waals surface area contributed by atoms with E-state index in [4.69, 9.17) is 5.73 Å². The maximum atomic E-state index is 5.78. The van der Waals surface area contributed by atoms with Gasteiger partial charge in [0.1, 0.15) is 0 Å². The Morgan fingerprint density at radius 2 is 2.06 bits per heavy atom. The molecule has 0 aromatic heterocycles. The summed E-state index contributed by atoms with van der Waals surface area (Å²) in [5.74, 6) is 0.488. The second-order valence-electron chi connectivity index (χ2n) is 4.04. The quantitative estimate of drug-likeness (QED) is 0.662. The molecule has 1 aromatic carbocycles. The smallest absolute Gasteiger partial charge is 0.189 e. The Balaban J connectivity index is 2.75. The van der Waals surface area contributed by atoms with Crippen LogP contribution >= 0.6 is 15.9 Å². The first-order valence-electron chi connectivity index (χ1n) is 5.34. The number of guanidine groups is 1. The predicted octanol–water partition coefficient (Wildman–Crippen LogP) is 2.82. The molecule has 1 atom stereocenters. The van der Waals surface area contributed by atoms with Gasteiger partial charge in [-0.15, -0.1) is 0 Å². The molecule has 0 heterocycles. The molecule has 1 aromatic rings. The number of aliphatic imine (C=N–C) groups is 1. The fourth-order valence-corrected chi connectivity index (χ4v) is 1.80. The van der Waals surface area contributed by atoms with Gasteiger partial charge in [-0.3, -0.25) is 0 Å². The molecule has 0 saturated heterocycles. The molecule has 4 heteroatoms. The summed E-state index contributed by atoms with van der Waals surface area (Å²) in [6.45, 7) is 6.09. The van der Waals surface area contributed by atoms with Crippen molar-refractivity contribution in [2.75, 3.05) is 0 Å². The molecule has 0 aliphatic carbocycles. The lowest BCUT2D eigenvalue weighted by Crippen LogP contribution is -2.36. The van der Waals surface area contributed by atoms with Crippen LogP contribution in [0.15, 0.2) is 33.7 Å². The Bertz CT molecular complexity index is 374. The average molecular weight is 284 g/mol. The number of rotatable bonds is 3. The maximum absolute atomic E-state index is 5.78. The Morgan fingerprint density at radius 1 is 1.38 bits per heavy atom. The van der Waals surface area contributed by atoms with Crippen LogP contribution in [-0.2, 0) is 0 Å². The summed E-state index contributed by atoms with van der Waals surface area (Å²) in [6, 6.07) is 8.45. The van der Waals surface area contributed by atoms with Gasteiger partial charge in [0, 0.05) is 10.5 Å². The maximum Gasteiger partial charge on any atom is 0.189 e. The van der Waals surface area contributed by atoms with Gasteiger partial charge in [0.25, 0.3) is 0 Å². The molecule has 16 heavy (non-hydrogen) atoms. The first-order chi connectivity index (χ1) is 7.49. The van der Waals surface area contributed by atoms with Crippen molar-refractivity contribution in [1.29, 1.82) is 0 Å². The third kappa shape index (κ3) is 4.23. The molecule has 0 amide bonds. The number of hydrogen-bond donors (Lipinski definition) is 2. The molecule has 1 rings (SSSR count). The van der Waals surface area contributed by atoms with Crippen LogP contribution in [0.4, 0.5) is 0 Å². The number of hydrogen-bond acceptors (Lipinski definition) is 1. The molecule has 3 nitrogen and oxygen atoms in total. The summed E-state index contributed by atoms with van der Waals surface area (Å²) in [5.41, 5.74) is 6.92. The van der Waals surface area contributed by atoms with Crippen molar-refractivity contribution in [2.45, 2.75) is 32.9 Å². The number of benzene rings is 1. The van der Waals surface area contributed by atoms with Gasteiger partial charge >= 0.3 is 0 Å². The molecular formula is C12H18BrN3. The Labute approximate surface area is 105 Å². The first kappa shape index (κ1) is 13.0. The zero-order valence-electron chi connectivity index (χ0n) is 9.87. The van der Waals surface area contributed by atoms with Crippen LogP contribution in [-0.4, -0.2) is 12.0 Å². The summed E-state index contributed by atoms with van der Waals surface area (Å²) >= 11 is 3.44. The van der Waals surface area contributed by atoms with E-state index >= 15 is 0 Å². The van der Waals surface area contributed by atoms with Crippen molar-refractivity contribution in [1.82, 2.24) is 5.32 Å². The average Bonchev–Trinajstić information content (AvgIpc) is 2.16. The highest BCUT2D eigenvalue weighted by atomic mass is 79.9. The topological polar surface area (TPSA) is 50.4 Å². The Hall–Kier alpha value is -1.03. The monoisotopic (exact) mass is 283 g/mol. The third-order valence-corrected chi connectivity index (χ3v) is 2.59. The van der Waals surface area contributed by atoms with Gasteiger partial charge in [-0.1, -0.05) is 28.1 Å². The van der Waals surface area contributed by atoms with E-state index in [1.54, 1.807) is 0 Å². The van der Waals surface area contributed by atoms with Crippen LogP contribution in [0.3, 0.4) is 0 Å². The van der Waals surface area contributed by atoms with E-state index in [1.807, 2.05) is 39.0 Å². The molecule has 0 aliphatic rings. The number of nitrogens with two attached hydrogens (primary N) is 1. The zero-order chi connectivity index (χ0) is 12.1. The van der Waals surface area contributed by atoms with Gasteiger partial charge < -0.3 is 11.1 Å². The lowest BCUT2D eigenvalue weighted by atomic mass is 10.1. The van der Waals surface area contributed by atoms with E-state index < -0.39 is 0 Å². The van der Waals surface area contributed by atoms with Crippen molar-refractivity contribution in [2.24, 2.45) is 10.7 Å². The van der Waals surface area contributed by atoms with E-state index in [0.29, 0.717) is 12.0 Å². The van der Waals surface area contributed by atoms with Gasteiger partial charge in [-0.2, -0.15) is 0 Å². The highest BCUT2D eigenvalue weighted by Gasteiger charge is 2.05. The number of nitrogens with one attached hydrogen (secondary N) is 1. The fourth-order valence-electron chi connectivity index (χ4n) is 1.38. The van der Waals surface area contributed by atoms with Crippen molar-refractivity contribution in [3.63, 3.8) is 0 Å². The SMILES string of the molecule is CC(C)NC(N)=NC(C)c1cccc(Br)c1. The molecule has 0 radical (unpaired) electrons. The van der Waals surface area contributed by atoms with Gasteiger partial charge in [0.15, 0.2) is 5.96 Å². The Kier molecular flexibility index (Phi) is 4.80. The molecule has 0 saturated carbocycles. The molecule has 0 aliphatic heterocycles. The minimum absolute atomic E-state index is 0.0590. The van der Waals surface area contributed by atoms with Crippen LogP contribution in [0.5, 0.6) is 0 Å². The minimum atomic E-state index is 0.0590. The highest BCUT2D eigenvalue weighted by Crippen LogP contribution is 2.20. The summed E-state index contributed by atoms with van der Waals surface area (Å²) in [5, 5.41) is 3.07. The van der Waals surface area contributed by atoms with E-state index in [2.05, 4.69) is 32.3 Å². The fraction of sp³-hybridized carbons (Fsp3) is 0.417. The molecule has 0 spiro atoms. The minimum Gasteiger partial charge on any atom is -0.370 e. The lowest BCUT2D eigenvalue weighted by molar-refractivity contribution is 0.710. The molecular weight excluding hydrogens is 266 g/mol. The van der Waals surface area contributed by atoms with Crippen LogP contribution in [0, 0.1) is 0 Å². The second kappa shape index (κ2) is 5.89. The van der Waals surface area contributed by atoms with E-state index in [9.17, 15) is 0 Å². The largest absolute Gasteiger partial charge is 0.370 e. The number of nitrogens with zero attached hydrogens (tertiary/aromatic N) is 1. The van der Waals surface area contributed by atoms with Crippen LogP contribution in [0.25, 0.3) is 0 Å². The molecule has 0 fully saturated rings. The standard InChI is InChI=1S/C12H18BrN3/c1-8(2)15-12(14)16-9(3)10-5-4-6-11(13)7-10/h4-9H,1-3H3,(H3,14,15,16). The summed E-state index contributed by atoms with van der Waals surface area (Å²) in [4.78, 5) is 4.39. The third-order valence-electron chi connectivity index (χ3n) is 2.10.